The number of rotatable bonds is 6. The van der Waals surface area contributed by atoms with Crippen LogP contribution in [0.5, 0.6) is 17.2 Å². The van der Waals surface area contributed by atoms with Crippen molar-refractivity contribution in [2.24, 2.45) is 0 Å². The number of ether oxygens (including phenoxy) is 2. The molecular weight excluding hydrogens is 348 g/mol. The lowest BCUT2D eigenvalue weighted by atomic mass is 9.89. The first-order valence-corrected chi connectivity index (χ1v) is 9.56. The fraction of sp³-hybridized carbons (Fsp3) is 0.240. The summed E-state index contributed by atoms with van der Waals surface area (Å²) in [5.41, 5.74) is 4.63. The van der Waals surface area contributed by atoms with Gasteiger partial charge in [0.05, 0.1) is 0 Å². The Labute approximate surface area is 166 Å². The summed E-state index contributed by atoms with van der Waals surface area (Å²) >= 11 is 0. The van der Waals surface area contributed by atoms with Crippen molar-refractivity contribution in [1.29, 1.82) is 0 Å². The molecule has 0 aliphatic carbocycles. The highest BCUT2D eigenvalue weighted by Crippen LogP contribution is 2.34. The van der Waals surface area contributed by atoms with Crippen molar-refractivity contribution in [2.75, 3.05) is 0 Å². The molecule has 144 valence electrons. The van der Waals surface area contributed by atoms with Crippen LogP contribution in [0.2, 0.25) is 0 Å². The maximum absolute atomic E-state index is 11.5. The van der Waals surface area contributed by atoms with Crippen LogP contribution in [-0.2, 0) is 11.2 Å². The van der Waals surface area contributed by atoms with Crippen molar-refractivity contribution in [3.05, 3.63) is 89.0 Å². The van der Waals surface area contributed by atoms with Gasteiger partial charge in [0.15, 0.2) is 0 Å². The molecule has 3 aromatic carbocycles. The average Bonchev–Trinajstić information content (AvgIpc) is 2.65. The highest BCUT2D eigenvalue weighted by atomic mass is 16.5. The Balaban J connectivity index is 1.93. The Morgan fingerprint density at radius 3 is 2.32 bits per heavy atom. The third-order valence-electron chi connectivity index (χ3n) is 4.64. The van der Waals surface area contributed by atoms with Gasteiger partial charge in [-0.15, -0.1) is 0 Å². The van der Waals surface area contributed by atoms with Crippen molar-refractivity contribution in [3.63, 3.8) is 0 Å². The molecular formula is C25H26O3. The Hall–Kier alpha value is -3.07. The summed E-state index contributed by atoms with van der Waals surface area (Å²) in [6.07, 6.45) is 0.750. The van der Waals surface area contributed by atoms with Gasteiger partial charge in [-0.1, -0.05) is 50.2 Å². The fourth-order valence-corrected chi connectivity index (χ4v) is 3.41. The van der Waals surface area contributed by atoms with Crippen molar-refractivity contribution >= 4 is 5.97 Å². The summed E-state index contributed by atoms with van der Waals surface area (Å²) in [5.74, 6) is 2.22. The van der Waals surface area contributed by atoms with E-state index in [1.54, 1.807) is 0 Å². The molecule has 0 spiro atoms. The fourth-order valence-electron chi connectivity index (χ4n) is 3.41. The molecule has 0 aromatic heterocycles. The molecule has 0 radical (unpaired) electrons. The molecule has 0 aliphatic heterocycles. The number of carbonyl (C=O) groups excluding carboxylic acids is 1. The van der Waals surface area contributed by atoms with Crippen LogP contribution < -0.4 is 9.47 Å². The summed E-state index contributed by atoms with van der Waals surface area (Å²) in [7, 11) is 0. The molecule has 0 saturated heterocycles. The molecule has 3 heteroatoms. The summed E-state index contributed by atoms with van der Waals surface area (Å²) in [5, 5.41) is 0. The first kappa shape index (κ1) is 19.7. The molecule has 0 atom stereocenters. The topological polar surface area (TPSA) is 35.5 Å². The van der Waals surface area contributed by atoms with E-state index in [1.807, 2.05) is 54.6 Å². The molecule has 0 N–H and O–H groups in total. The Morgan fingerprint density at radius 2 is 1.64 bits per heavy atom. The third kappa shape index (κ3) is 4.80. The van der Waals surface area contributed by atoms with Crippen molar-refractivity contribution in [1.82, 2.24) is 0 Å². The van der Waals surface area contributed by atoms with E-state index in [1.165, 1.54) is 18.1 Å². The molecule has 0 heterocycles. The van der Waals surface area contributed by atoms with Crippen molar-refractivity contribution in [3.8, 4) is 17.2 Å². The van der Waals surface area contributed by atoms with Gasteiger partial charge in [0, 0.05) is 12.5 Å². The van der Waals surface area contributed by atoms with Gasteiger partial charge in [-0.25, -0.2) is 0 Å². The number of carbonyl (C=O) groups is 1. The van der Waals surface area contributed by atoms with E-state index >= 15 is 0 Å². The van der Waals surface area contributed by atoms with E-state index in [-0.39, 0.29) is 11.9 Å². The summed E-state index contributed by atoms with van der Waals surface area (Å²) in [6, 6.07) is 21.8. The minimum atomic E-state index is -0.296. The molecule has 0 unspecified atom stereocenters. The van der Waals surface area contributed by atoms with Gasteiger partial charge in [-0.3, -0.25) is 4.79 Å². The zero-order chi connectivity index (χ0) is 20.1. The monoisotopic (exact) mass is 374 g/mol. The van der Waals surface area contributed by atoms with Crippen molar-refractivity contribution < 1.29 is 14.3 Å². The highest BCUT2D eigenvalue weighted by molar-refractivity contribution is 5.70. The third-order valence-corrected chi connectivity index (χ3v) is 4.64. The molecule has 28 heavy (non-hydrogen) atoms. The van der Waals surface area contributed by atoms with Gasteiger partial charge in [-0.2, -0.15) is 0 Å². The van der Waals surface area contributed by atoms with Crippen LogP contribution >= 0.6 is 0 Å². The predicted molar refractivity (Wildman–Crippen MR) is 112 cm³/mol. The van der Waals surface area contributed by atoms with Gasteiger partial charge in [0.25, 0.3) is 0 Å². The molecule has 3 nitrogen and oxygen atoms in total. The van der Waals surface area contributed by atoms with Gasteiger partial charge in [0.2, 0.25) is 0 Å². The van der Waals surface area contributed by atoms with Crippen molar-refractivity contribution in [2.45, 2.75) is 40.0 Å². The smallest absolute Gasteiger partial charge is 0.308 e. The number of hydrogen-bond donors (Lipinski definition) is 0. The zero-order valence-electron chi connectivity index (χ0n) is 16.9. The zero-order valence-corrected chi connectivity index (χ0v) is 16.9. The van der Waals surface area contributed by atoms with Crippen LogP contribution in [0.3, 0.4) is 0 Å². The van der Waals surface area contributed by atoms with E-state index in [4.69, 9.17) is 9.47 Å². The predicted octanol–water partition coefficient (Wildman–Crippen LogP) is 6.43. The number of hydrogen-bond acceptors (Lipinski definition) is 3. The number of benzene rings is 3. The van der Waals surface area contributed by atoms with E-state index in [2.05, 4.69) is 32.9 Å². The van der Waals surface area contributed by atoms with Crippen LogP contribution in [-0.4, -0.2) is 5.97 Å². The largest absolute Gasteiger partial charge is 0.457 e. The summed E-state index contributed by atoms with van der Waals surface area (Å²) in [4.78, 5) is 11.5. The minimum Gasteiger partial charge on any atom is -0.457 e. The van der Waals surface area contributed by atoms with Crippen LogP contribution in [0.15, 0.2) is 66.7 Å². The first-order valence-electron chi connectivity index (χ1n) is 9.56. The molecule has 0 amide bonds. The van der Waals surface area contributed by atoms with E-state index in [0.29, 0.717) is 5.75 Å². The molecule has 0 bridgehead atoms. The van der Waals surface area contributed by atoms with Crippen LogP contribution in [0, 0.1) is 6.92 Å². The standard InChI is InChI=1S/C25H26O3/c1-17(2)25-23(18(3)13-14-24(25)27-19(4)26)16-20-9-8-12-22(15-20)28-21-10-6-5-7-11-21/h5-15,17H,16H2,1-4H3. The molecule has 0 aliphatic rings. The molecule has 3 rings (SSSR count). The SMILES string of the molecule is CC(=O)Oc1ccc(C)c(Cc2cccc(Oc3ccccc3)c2)c1C(C)C. The summed E-state index contributed by atoms with van der Waals surface area (Å²) < 4.78 is 11.5. The van der Waals surface area contributed by atoms with Crippen LogP contribution in [0.1, 0.15) is 48.9 Å². The molecule has 3 aromatic rings. The second kappa shape index (κ2) is 8.75. The number of esters is 1. The lowest BCUT2D eigenvalue weighted by molar-refractivity contribution is -0.131. The van der Waals surface area contributed by atoms with Gasteiger partial charge in [0.1, 0.15) is 17.2 Å². The Kier molecular flexibility index (Phi) is 6.15. The van der Waals surface area contributed by atoms with Gasteiger partial charge >= 0.3 is 5.97 Å². The van der Waals surface area contributed by atoms with Gasteiger partial charge < -0.3 is 9.47 Å². The lowest BCUT2D eigenvalue weighted by Crippen LogP contribution is -2.09. The first-order chi connectivity index (χ1) is 13.4. The Bertz CT molecular complexity index is 959. The summed E-state index contributed by atoms with van der Waals surface area (Å²) in [6.45, 7) is 7.79. The maximum atomic E-state index is 11.5. The quantitative estimate of drug-likeness (QED) is 0.368. The Morgan fingerprint density at radius 1 is 0.929 bits per heavy atom. The van der Waals surface area contributed by atoms with Crippen LogP contribution in [0.4, 0.5) is 0 Å². The van der Waals surface area contributed by atoms with E-state index in [0.717, 1.165) is 29.0 Å². The minimum absolute atomic E-state index is 0.244. The number of aryl methyl sites for hydroxylation is 1. The maximum Gasteiger partial charge on any atom is 0.308 e. The highest BCUT2D eigenvalue weighted by Gasteiger charge is 2.17. The van der Waals surface area contributed by atoms with E-state index in [9.17, 15) is 4.79 Å². The second-order valence-electron chi connectivity index (χ2n) is 7.26. The average molecular weight is 374 g/mol. The van der Waals surface area contributed by atoms with Crippen LogP contribution in [0.25, 0.3) is 0 Å². The molecule has 0 fully saturated rings. The van der Waals surface area contributed by atoms with Gasteiger partial charge in [-0.05, 0) is 66.3 Å². The normalized spacial score (nSPS) is 10.8. The molecule has 0 saturated carbocycles. The second-order valence-corrected chi connectivity index (χ2v) is 7.26. The lowest BCUT2D eigenvalue weighted by Gasteiger charge is -2.20. The number of para-hydroxylation sites is 1. The van der Waals surface area contributed by atoms with E-state index < -0.39 is 0 Å².